The maximum atomic E-state index is 12.7. The van der Waals surface area contributed by atoms with Crippen LogP contribution in [-0.4, -0.2) is 55.0 Å². The number of nitrogens with one attached hydrogen (secondary N) is 1. The standard InChI is InChI=1S/C19H24N2O6/c1-19(2,3)21-10-12(9-15(21)22)16(23)20-14-8-11(17(24)26-4)6-7-13(14)18(25)27-5/h6-8,12H,9-10H2,1-5H3,(H,20,23)/t12-/m1/s1. The second kappa shape index (κ2) is 7.77. The third-order valence-electron chi connectivity index (χ3n) is 4.41. The normalized spacial score (nSPS) is 16.9. The minimum absolute atomic E-state index is 0.0906. The summed E-state index contributed by atoms with van der Waals surface area (Å²) in [4.78, 5) is 50.3. The number of nitrogens with zero attached hydrogens (tertiary/aromatic N) is 1. The van der Waals surface area contributed by atoms with Gasteiger partial charge in [0.2, 0.25) is 11.8 Å². The number of rotatable bonds is 4. The van der Waals surface area contributed by atoms with Crippen LogP contribution in [0.4, 0.5) is 5.69 Å². The highest BCUT2D eigenvalue weighted by atomic mass is 16.5. The molecule has 146 valence electrons. The molecule has 0 saturated carbocycles. The van der Waals surface area contributed by atoms with Gasteiger partial charge in [-0.3, -0.25) is 9.59 Å². The van der Waals surface area contributed by atoms with Crippen molar-refractivity contribution in [2.24, 2.45) is 5.92 Å². The van der Waals surface area contributed by atoms with Crippen LogP contribution in [0.3, 0.4) is 0 Å². The summed E-state index contributed by atoms with van der Waals surface area (Å²) in [6.07, 6.45) is 0.0906. The molecule has 0 aromatic heterocycles. The molecule has 0 spiro atoms. The molecule has 1 saturated heterocycles. The van der Waals surface area contributed by atoms with E-state index in [2.05, 4.69) is 10.1 Å². The van der Waals surface area contributed by atoms with Gasteiger partial charge in [0, 0.05) is 18.5 Å². The monoisotopic (exact) mass is 376 g/mol. The first-order valence-corrected chi connectivity index (χ1v) is 8.50. The lowest BCUT2D eigenvalue weighted by molar-refractivity contribution is -0.131. The average molecular weight is 376 g/mol. The van der Waals surface area contributed by atoms with E-state index in [0.717, 1.165) is 0 Å². The Bertz CT molecular complexity index is 781. The summed E-state index contributed by atoms with van der Waals surface area (Å²) in [5.74, 6) is -2.30. The molecule has 1 atom stereocenters. The van der Waals surface area contributed by atoms with E-state index in [0.29, 0.717) is 6.54 Å². The molecule has 2 amide bonds. The van der Waals surface area contributed by atoms with Crippen LogP contribution in [0.1, 0.15) is 47.9 Å². The van der Waals surface area contributed by atoms with Crippen molar-refractivity contribution in [2.75, 3.05) is 26.1 Å². The quantitative estimate of drug-likeness (QED) is 0.805. The second-order valence-electron chi connectivity index (χ2n) is 7.31. The first-order valence-electron chi connectivity index (χ1n) is 8.50. The van der Waals surface area contributed by atoms with E-state index in [-0.39, 0.29) is 34.7 Å². The van der Waals surface area contributed by atoms with Gasteiger partial charge in [-0.05, 0) is 39.0 Å². The van der Waals surface area contributed by atoms with E-state index in [1.165, 1.54) is 32.4 Å². The Balaban J connectivity index is 2.27. The van der Waals surface area contributed by atoms with Gasteiger partial charge in [-0.2, -0.15) is 0 Å². The van der Waals surface area contributed by atoms with Crippen LogP contribution in [0.2, 0.25) is 0 Å². The molecule has 1 aromatic rings. The third-order valence-corrected chi connectivity index (χ3v) is 4.41. The lowest BCUT2D eigenvalue weighted by Gasteiger charge is -2.31. The number of hydrogen-bond donors (Lipinski definition) is 1. The van der Waals surface area contributed by atoms with Crippen LogP contribution in [0.25, 0.3) is 0 Å². The van der Waals surface area contributed by atoms with Crippen molar-refractivity contribution in [1.82, 2.24) is 4.90 Å². The van der Waals surface area contributed by atoms with Crippen LogP contribution in [0, 0.1) is 5.92 Å². The zero-order valence-corrected chi connectivity index (χ0v) is 16.1. The van der Waals surface area contributed by atoms with Gasteiger partial charge in [0.1, 0.15) is 0 Å². The Morgan fingerprint density at radius 1 is 1.11 bits per heavy atom. The molecule has 0 aliphatic carbocycles. The van der Waals surface area contributed by atoms with E-state index in [1.807, 2.05) is 20.8 Å². The average Bonchev–Trinajstić information content (AvgIpc) is 3.02. The summed E-state index contributed by atoms with van der Waals surface area (Å²) in [6.45, 7) is 6.00. The fraction of sp³-hybridized carbons (Fsp3) is 0.474. The molecule has 27 heavy (non-hydrogen) atoms. The molecule has 1 aromatic carbocycles. The zero-order chi connectivity index (χ0) is 20.4. The molecular formula is C19H24N2O6. The third kappa shape index (κ3) is 4.45. The zero-order valence-electron chi connectivity index (χ0n) is 16.1. The Morgan fingerprint density at radius 2 is 1.74 bits per heavy atom. The van der Waals surface area contributed by atoms with Crippen LogP contribution in [0.5, 0.6) is 0 Å². The van der Waals surface area contributed by atoms with Crippen molar-refractivity contribution >= 4 is 29.4 Å². The number of benzene rings is 1. The van der Waals surface area contributed by atoms with E-state index in [1.54, 1.807) is 4.90 Å². The minimum Gasteiger partial charge on any atom is -0.465 e. The predicted octanol–water partition coefficient (Wildman–Crippen LogP) is 1.85. The van der Waals surface area contributed by atoms with Crippen LogP contribution in [-0.2, 0) is 19.1 Å². The van der Waals surface area contributed by atoms with Crippen molar-refractivity contribution in [2.45, 2.75) is 32.7 Å². The number of hydrogen-bond acceptors (Lipinski definition) is 6. The van der Waals surface area contributed by atoms with Gasteiger partial charge in [0.15, 0.2) is 0 Å². The van der Waals surface area contributed by atoms with Crippen molar-refractivity contribution in [3.05, 3.63) is 29.3 Å². The maximum absolute atomic E-state index is 12.7. The Morgan fingerprint density at radius 3 is 2.26 bits per heavy atom. The van der Waals surface area contributed by atoms with Gasteiger partial charge >= 0.3 is 11.9 Å². The molecule has 0 radical (unpaired) electrons. The molecule has 1 fully saturated rings. The number of methoxy groups -OCH3 is 2. The summed E-state index contributed by atoms with van der Waals surface area (Å²) in [5, 5.41) is 2.65. The highest BCUT2D eigenvalue weighted by molar-refractivity contribution is 6.05. The predicted molar refractivity (Wildman–Crippen MR) is 97.3 cm³/mol. The number of likely N-dealkylation sites (tertiary alicyclic amines) is 1. The number of esters is 2. The highest BCUT2D eigenvalue weighted by Gasteiger charge is 2.39. The summed E-state index contributed by atoms with van der Waals surface area (Å²) in [5.41, 5.74) is 0.0415. The highest BCUT2D eigenvalue weighted by Crippen LogP contribution is 2.28. The van der Waals surface area contributed by atoms with E-state index >= 15 is 0 Å². The summed E-state index contributed by atoms with van der Waals surface area (Å²) in [6, 6.07) is 4.15. The van der Waals surface area contributed by atoms with Crippen molar-refractivity contribution < 1.29 is 28.7 Å². The topological polar surface area (TPSA) is 102 Å². The number of anilines is 1. The van der Waals surface area contributed by atoms with Gasteiger partial charge in [0.25, 0.3) is 0 Å². The van der Waals surface area contributed by atoms with Gasteiger partial charge in [-0.15, -0.1) is 0 Å². The largest absolute Gasteiger partial charge is 0.465 e. The Labute approximate surface area is 157 Å². The van der Waals surface area contributed by atoms with E-state index in [9.17, 15) is 19.2 Å². The molecule has 1 aliphatic heterocycles. The number of ether oxygens (including phenoxy) is 2. The van der Waals surface area contributed by atoms with Crippen molar-refractivity contribution in [3.8, 4) is 0 Å². The lowest BCUT2D eigenvalue weighted by atomic mass is 10.0. The first kappa shape index (κ1) is 20.4. The summed E-state index contributed by atoms with van der Waals surface area (Å²) in [7, 11) is 2.46. The van der Waals surface area contributed by atoms with Crippen LogP contribution in [0.15, 0.2) is 18.2 Å². The first-order chi connectivity index (χ1) is 12.6. The lowest BCUT2D eigenvalue weighted by Crippen LogP contribution is -2.42. The molecule has 2 rings (SSSR count). The minimum atomic E-state index is -0.652. The van der Waals surface area contributed by atoms with Crippen LogP contribution < -0.4 is 5.32 Å². The van der Waals surface area contributed by atoms with Gasteiger partial charge in [-0.25, -0.2) is 9.59 Å². The molecule has 1 aliphatic rings. The number of amides is 2. The van der Waals surface area contributed by atoms with E-state index < -0.39 is 23.8 Å². The van der Waals surface area contributed by atoms with Gasteiger partial charge in [0.05, 0.1) is 37.0 Å². The summed E-state index contributed by atoms with van der Waals surface area (Å²) < 4.78 is 9.39. The second-order valence-corrected chi connectivity index (χ2v) is 7.31. The fourth-order valence-corrected chi connectivity index (χ4v) is 2.95. The molecule has 1 N–H and O–H groups in total. The van der Waals surface area contributed by atoms with Crippen molar-refractivity contribution in [1.29, 1.82) is 0 Å². The Kier molecular flexibility index (Phi) is 5.88. The van der Waals surface area contributed by atoms with E-state index in [4.69, 9.17) is 4.74 Å². The smallest absolute Gasteiger partial charge is 0.339 e. The molecular weight excluding hydrogens is 352 g/mol. The molecule has 1 heterocycles. The van der Waals surface area contributed by atoms with Crippen LogP contribution >= 0.6 is 0 Å². The number of carbonyl (C=O) groups is 4. The SMILES string of the molecule is COC(=O)c1ccc(C(=O)OC)c(NC(=O)[C@@H]2CC(=O)N(C(C)(C)C)C2)c1. The van der Waals surface area contributed by atoms with Gasteiger partial charge < -0.3 is 19.7 Å². The maximum Gasteiger partial charge on any atom is 0.339 e. The fourth-order valence-electron chi connectivity index (χ4n) is 2.95. The van der Waals surface area contributed by atoms with Crippen molar-refractivity contribution in [3.63, 3.8) is 0 Å². The van der Waals surface area contributed by atoms with Gasteiger partial charge in [-0.1, -0.05) is 0 Å². The molecule has 0 bridgehead atoms. The molecule has 0 unspecified atom stereocenters. The molecule has 8 heteroatoms. The summed E-state index contributed by atoms with van der Waals surface area (Å²) >= 11 is 0. The Hall–Kier alpha value is -2.90. The molecule has 8 nitrogen and oxygen atoms in total. The number of carbonyl (C=O) groups excluding carboxylic acids is 4.